The highest BCUT2D eigenvalue weighted by molar-refractivity contribution is 6.04. The zero-order valence-electron chi connectivity index (χ0n) is 23.4. The third-order valence-corrected chi connectivity index (χ3v) is 6.82. The Morgan fingerprint density at radius 2 is 1.93 bits per heavy atom. The number of anilines is 2. The second kappa shape index (κ2) is 12.0. The smallest absolute Gasteiger partial charge is 0.416 e. The predicted molar refractivity (Wildman–Crippen MR) is 153 cm³/mol. The molecule has 1 aliphatic rings. The molecule has 0 spiro atoms. The number of carbonyl (C=O) groups excluding carboxylic acids is 2. The summed E-state index contributed by atoms with van der Waals surface area (Å²) in [6, 6.07) is 9.53. The predicted octanol–water partition coefficient (Wildman–Crippen LogP) is 5.54. The van der Waals surface area contributed by atoms with Gasteiger partial charge in [-0.3, -0.25) is 9.59 Å². The number of halogens is 3. The number of alkyl halides is 3. The fraction of sp³-hybridized carbons (Fsp3) is 0.233. The van der Waals surface area contributed by atoms with Crippen molar-refractivity contribution in [2.45, 2.75) is 32.5 Å². The van der Waals surface area contributed by atoms with E-state index in [9.17, 15) is 22.8 Å². The molecule has 0 bridgehead atoms. The van der Waals surface area contributed by atoms with Gasteiger partial charge in [-0.15, -0.1) is 0 Å². The van der Waals surface area contributed by atoms with Crippen LogP contribution >= 0.6 is 0 Å². The van der Waals surface area contributed by atoms with Crippen molar-refractivity contribution in [2.75, 3.05) is 23.7 Å². The molecule has 43 heavy (non-hydrogen) atoms. The van der Waals surface area contributed by atoms with Crippen molar-refractivity contribution >= 4 is 23.5 Å². The number of imidazole rings is 1. The Bertz CT molecular complexity index is 1690. The molecule has 0 saturated carbocycles. The van der Waals surface area contributed by atoms with Gasteiger partial charge >= 0.3 is 6.18 Å². The van der Waals surface area contributed by atoms with Crippen LogP contribution in [0.15, 0.2) is 73.8 Å². The quantitative estimate of drug-likeness (QED) is 0.259. The number of likely N-dealkylation sites (tertiary alicyclic amines) is 1. The monoisotopic (exact) mass is 591 g/mol. The second-order valence-corrected chi connectivity index (χ2v) is 10.1. The van der Waals surface area contributed by atoms with Crippen molar-refractivity contribution in [3.8, 4) is 17.3 Å². The van der Waals surface area contributed by atoms with Gasteiger partial charge in [0, 0.05) is 54.5 Å². The third-order valence-electron chi connectivity index (χ3n) is 6.82. The van der Waals surface area contributed by atoms with Crippen LogP contribution in [-0.4, -0.2) is 55.4 Å². The first-order valence-electron chi connectivity index (χ1n) is 13.3. The molecule has 3 heterocycles. The van der Waals surface area contributed by atoms with E-state index in [4.69, 9.17) is 4.74 Å². The minimum absolute atomic E-state index is 0.0315. The highest BCUT2D eigenvalue weighted by Crippen LogP contribution is 2.33. The lowest BCUT2D eigenvalue weighted by atomic mass is 10.1. The van der Waals surface area contributed by atoms with E-state index in [1.165, 1.54) is 35.3 Å². The Kier molecular flexibility index (Phi) is 8.15. The summed E-state index contributed by atoms with van der Waals surface area (Å²) in [6.45, 7) is 8.11. The summed E-state index contributed by atoms with van der Waals surface area (Å²) in [5.74, 6) is 0.105. The van der Waals surface area contributed by atoms with Crippen molar-refractivity contribution in [2.24, 2.45) is 0 Å². The minimum atomic E-state index is -4.62. The van der Waals surface area contributed by atoms with E-state index < -0.39 is 17.6 Å². The van der Waals surface area contributed by atoms with E-state index in [-0.39, 0.29) is 34.8 Å². The number of hydrogen-bond donors (Lipinski definition) is 2. The molecule has 2 N–H and O–H groups in total. The SMILES string of the molecule is C=CC(=O)N1CCC(Nc2nccc(Oc3cc(C(=O)Nc4cc(-n5cnc(C)c5)cc(C(F)(F)F)c4)ccc3C)n2)C1. The summed E-state index contributed by atoms with van der Waals surface area (Å²) in [5.41, 5.74) is 0.761. The zero-order valence-corrected chi connectivity index (χ0v) is 23.4. The highest BCUT2D eigenvalue weighted by atomic mass is 19.4. The van der Waals surface area contributed by atoms with E-state index in [2.05, 4.69) is 32.2 Å². The minimum Gasteiger partial charge on any atom is -0.439 e. The third kappa shape index (κ3) is 7.00. The Hall–Kier alpha value is -5.20. The van der Waals surface area contributed by atoms with Crippen LogP contribution in [0.2, 0.25) is 0 Å². The van der Waals surface area contributed by atoms with Crippen LogP contribution in [0.5, 0.6) is 11.6 Å². The highest BCUT2D eigenvalue weighted by Gasteiger charge is 2.32. The van der Waals surface area contributed by atoms with Gasteiger partial charge in [-0.1, -0.05) is 12.6 Å². The first kappa shape index (κ1) is 29.3. The summed E-state index contributed by atoms with van der Waals surface area (Å²) in [7, 11) is 0. The van der Waals surface area contributed by atoms with Crippen LogP contribution in [0.1, 0.15) is 33.6 Å². The first-order valence-corrected chi connectivity index (χ1v) is 13.3. The maximum Gasteiger partial charge on any atom is 0.416 e. The van der Waals surface area contributed by atoms with Crippen LogP contribution in [0, 0.1) is 13.8 Å². The summed E-state index contributed by atoms with van der Waals surface area (Å²) < 4.78 is 48.4. The molecule has 1 unspecified atom stereocenters. The van der Waals surface area contributed by atoms with Crippen molar-refractivity contribution in [1.29, 1.82) is 0 Å². The van der Waals surface area contributed by atoms with Crippen molar-refractivity contribution < 1.29 is 27.5 Å². The van der Waals surface area contributed by atoms with Crippen LogP contribution in [0.3, 0.4) is 0 Å². The zero-order chi connectivity index (χ0) is 30.7. The Labute approximate surface area is 245 Å². The largest absolute Gasteiger partial charge is 0.439 e. The molecule has 222 valence electrons. The average Bonchev–Trinajstić information content (AvgIpc) is 3.62. The van der Waals surface area contributed by atoms with E-state index in [0.717, 1.165) is 18.6 Å². The number of aromatic nitrogens is 4. The van der Waals surface area contributed by atoms with Gasteiger partial charge in [0.1, 0.15) is 5.75 Å². The van der Waals surface area contributed by atoms with Gasteiger partial charge in [-0.25, -0.2) is 9.97 Å². The number of carbonyl (C=O) groups is 2. The molecular weight excluding hydrogens is 563 g/mol. The molecule has 5 rings (SSSR count). The average molecular weight is 592 g/mol. The number of hydrogen-bond acceptors (Lipinski definition) is 7. The van der Waals surface area contributed by atoms with E-state index in [0.29, 0.717) is 36.0 Å². The van der Waals surface area contributed by atoms with Crippen LogP contribution in [0.25, 0.3) is 5.69 Å². The van der Waals surface area contributed by atoms with Crippen LogP contribution in [-0.2, 0) is 11.0 Å². The fourth-order valence-electron chi connectivity index (χ4n) is 4.58. The first-order chi connectivity index (χ1) is 20.5. The molecule has 0 radical (unpaired) electrons. The summed E-state index contributed by atoms with van der Waals surface area (Å²) >= 11 is 0. The number of nitrogens with zero attached hydrogens (tertiary/aromatic N) is 5. The summed E-state index contributed by atoms with van der Waals surface area (Å²) in [6.07, 6.45) is 1.89. The lowest BCUT2D eigenvalue weighted by Gasteiger charge is -2.16. The molecule has 10 nitrogen and oxygen atoms in total. The Morgan fingerprint density at radius 3 is 2.65 bits per heavy atom. The molecule has 2 aromatic heterocycles. The van der Waals surface area contributed by atoms with Gasteiger partial charge in [0.25, 0.3) is 5.91 Å². The molecule has 2 aromatic carbocycles. The van der Waals surface area contributed by atoms with E-state index >= 15 is 0 Å². The Balaban J connectivity index is 1.32. The van der Waals surface area contributed by atoms with Crippen LogP contribution < -0.4 is 15.4 Å². The van der Waals surface area contributed by atoms with E-state index in [1.54, 1.807) is 43.1 Å². The molecular formula is C30H28F3N7O3. The number of benzene rings is 2. The van der Waals surface area contributed by atoms with Gasteiger partial charge in [0.15, 0.2) is 0 Å². The second-order valence-electron chi connectivity index (χ2n) is 10.1. The lowest BCUT2D eigenvalue weighted by molar-refractivity contribution is -0.137. The Morgan fingerprint density at radius 1 is 1.12 bits per heavy atom. The molecule has 1 atom stereocenters. The molecule has 2 amide bonds. The number of nitrogens with one attached hydrogen (secondary N) is 2. The normalized spacial score (nSPS) is 14.8. The van der Waals surface area contributed by atoms with Gasteiger partial charge in [-0.05, 0) is 62.2 Å². The van der Waals surface area contributed by atoms with Gasteiger partial charge < -0.3 is 24.8 Å². The lowest BCUT2D eigenvalue weighted by Crippen LogP contribution is -2.30. The van der Waals surface area contributed by atoms with Crippen molar-refractivity contribution in [1.82, 2.24) is 24.4 Å². The van der Waals surface area contributed by atoms with Crippen LogP contribution in [0.4, 0.5) is 24.8 Å². The summed E-state index contributed by atoms with van der Waals surface area (Å²) in [4.78, 5) is 39.4. The maximum atomic E-state index is 13.7. The number of rotatable bonds is 8. The van der Waals surface area contributed by atoms with E-state index in [1.807, 2.05) is 0 Å². The van der Waals surface area contributed by atoms with Gasteiger partial charge in [-0.2, -0.15) is 18.2 Å². The molecule has 4 aromatic rings. The number of amides is 2. The topological polar surface area (TPSA) is 114 Å². The van der Waals surface area contributed by atoms with Gasteiger partial charge in [0.2, 0.25) is 17.7 Å². The maximum absolute atomic E-state index is 13.7. The van der Waals surface area contributed by atoms with Crippen molar-refractivity contribution in [3.05, 3.63) is 96.2 Å². The molecule has 0 aliphatic carbocycles. The number of ether oxygens (including phenoxy) is 1. The van der Waals surface area contributed by atoms with Crippen molar-refractivity contribution in [3.63, 3.8) is 0 Å². The van der Waals surface area contributed by atoms with Gasteiger partial charge in [0.05, 0.1) is 17.6 Å². The standard InChI is InChI=1S/C30H28F3N7O3/c1-4-27(41)39-10-8-22(16-39)37-29-34-9-7-26(38-29)43-25-11-20(6-5-18(25)2)28(42)36-23-12-21(30(31,32)33)13-24(14-23)40-15-19(3)35-17-40/h4-7,9,11-15,17,22H,1,8,10,16H2,2-3H3,(H,36,42)(H,34,37,38). The molecule has 1 fully saturated rings. The molecule has 1 saturated heterocycles. The number of aryl methyl sites for hydroxylation is 2. The summed E-state index contributed by atoms with van der Waals surface area (Å²) in [5, 5.41) is 5.77. The molecule has 13 heteroatoms. The molecule has 1 aliphatic heterocycles. The fourth-order valence-corrected chi connectivity index (χ4v) is 4.58.